The number of hydrogen-bond donors (Lipinski definition) is 0. The largest absolute Gasteiger partial charge is 0.281 e. The van der Waals surface area contributed by atoms with Gasteiger partial charge in [-0.15, -0.1) is 0 Å². The molecule has 1 rings (SSSR count). The molecule has 0 bridgehead atoms. The zero-order valence-electron chi connectivity index (χ0n) is 6.68. The van der Waals surface area contributed by atoms with Crippen LogP contribution in [0.15, 0.2) is 6.07 Å². The zero-order chi connectivity index (χ0) is 10.0. The molecule has 0 aromatic carbocycles. The van der Waals surface area contributed by atoms with E-state index in [9.17, 15) is 8.78 Å². The lowest BCUT2D eigenvalue weighted by molar-refractivity contribution is 0.145. The van der Waals surface area contributed by atoms with Crippen molar-refractivity contribution in [2.24, 2.45) is 0 Å². The number of nitrogens with zero attached hydrogens (tertiary/aromatic N) is 2. The first kappa shape index (κ1) is 9.87. The molecule has 0 unspecified atom stereocenters. The summed E-state index contributed by atoms with van der Waals surface area (Å²) in [6, 6.07) is 3.05. The van der Waals surface area contributed by atoms with Crippen LogP contribution in [0.3, 0.4) is 0 Å². The fourth-order valence-electron chi connectivity index (χ4n) is 0.959. The van der Waals surface area contributed by atoms with E-state index in [0.717, 1.165) is 0 Å². The SMILES string of the molecule is Cc1cc(Cl)nc(C(F)F)c1C#N. The molecule has 0 fully saturated rings. The number of rotatable bonds is 1. The maximum Gasteiger partial charge on any atom is 0.281 e. The molecule has 1 aromatic heterocycles. The van der Waals surface area contributed by atoms with Crippen molar-refractivity contribution in [2.45, 2.75) is 13.3 Å². The summed E-state index contributed by atoms with van der Waals surface area (Å²) < 4.78 is 24.6. The van der Waals surface area contributed by atoms with Gasteiger partial charge in [0.25, 0.3) is 6.43 Å². The molecule has 0 saturated heterocycles. The van der Waals surface area contributed by atoms with Gasteiger partial charge in [0.15, 0.2) is 0 Å². The topological polar surface area (TPSA) is 36.7 Å². The first-order chi connectivity index (χ1) is 6.06. The number of halogens is 3. The van der Waals surface area contributed by atoms with Gasteiger partial charge in [0.2, 0.25) is 0 Å². The number of nitriles is 1. The maximum absolute atomic E-state index is 12.3. The van der Waals surface area contributed by atoms with Crippen LogP contribution < -0.4 is 0 Å². The maximum atomic E-state index is 12.3. The van der Waals surface area contributed by atoms with Gasteiger partial charge in [-0.2, -0.15) is 5.26 Å². The summed E-state index contributed by atoms with van der Waals surface area (Å²) in [5, 5.41) is 8.55. The Bertz CT molecular complexity index is 371. The van der Waals surface area contributed by atoms with Crippen LogP contribution in [0.2, 0.25) is 5.15 Å². The Hall–Kier alpha value is -1.21. The van der Waals surface area contributed by atoms with Crippen LogP contribution in [-0.2, 0) is 0 Å². The van der Waals surface area contributed by atoms with Gasteiger partial charge < -0.3 is 0 Å². The second-order valence-electron chi connectivity index (χ2n) is 2.43. The van der Waals surface area contributed by atoms with E-state index in [1.165, 1.54) is 13.0 Å². The second-order valence-corrected chi connectivity index (χ2v) is 2.82. The lowest BCUT2D eigenvalue weighted by Gasteiger charge is -2.04. The highest BCUT2D eigenvalue weighted by molar-refractivity contribution is 6.29. The average molecular weight is 203 g/mol. The summed E-state index contributed by atoms with van der Waals surface area (Å²) in [4.78, 5) is 3.40. The average Bonchev–Trinajstić information content (AvgIpc) is 2.02. The third-order valence-electron chi connectivity index (χ3n) is 1.53. The molecule has 1 heterocycles. The molecule has 5 heteroatoms. The van der Waals surface area contributed by atoms with Crippen molar-refractivity contribution in [1.82, 2.24) is 4.98 Å². The first-order valence-electron chi connectivity index (χ1n) is 3.41. The van der Waals surface area contributed by atoms with Crippen molar-refractivity contribution >= 4 is 11.6 Å². The number of aromatic nitrogens is 1. The molecule has 68 valence electrons. The van der Waals surface area contributed by atoms with E-state index in [0.29, 0.717) is 5.56 Å². The van der Waals surface area contributed by atoms with Crippen molar-refractivity contribution in [3.05, 3.63) is 28.0 Å². The summed E-state index contributed by atoms with van der Waals surface area (Å²) in [5.41, 5.74) is -0.232. The molecular weight excluding hydrogens is 198 g/mol. The highest BCUT2D eigenvalue weighted by Gasteiger charge is 2.17. The van der Waals surface area contributed by atoms with Gasteiger partial charge >= 0.3 is 0 Å². The van der Waals surface area contributed by atoms with E-state index in [1.54, 1.807) is 6.07 Å². The molecule has 0 amide bonds. The Morgan fingerprint density at radius 2 is 2.23 bits per heavy atom. The predicted octanol–water partition coefficient (Wildman–Crippen LogP) is 2.85. The molecule has 0 N–H and O–H groups in total. The second kappa shape index (κ2) is 3.67. The van der Waals surface area contributed by atoms with Gasteiger partial charge in [-0.3, -0.25) is 0 Å². The van der Waals surface area contributed by atoms with Gasteiger partial charge in [0.1, 0.15) is 16.9 Å². The van der Waals surface area contributed by atoms with Gasteiger partial charge in [0, 0.05) is 0 Å². The highest BCUT2D eigenvalue weighted by atomic mass is 35.5. The van der Waals surface area contributed by atoms with E-state index < -0.39 is 12.1 Å². The van der Waals surface area contributed by atoms with Crippen LogP contribution >= 0.6 is 11.6 Å². The molecule has 0 aliphatic heterocycles. The summed E-state index contributed by atoms with van der Waals surface area (Å²) in [6.45, 7) is 1.54. The van der Waals surface area contributed by atoms with Gasteiger partial charge in [0.05, 0.1) is 5.56 Å². The zero-order valence-corrected chi connectivity index (χ0v) is 7.44. The minimum absolute atomic E-state index is 0.0215. The van der Waals surface area contributed by atoms with Crippen molar-refractivity contribution in [2.75, 3.05) is 0 Å². The van der Waals surface area contributed by atoms with E-state index >= 15 is 0 Å². The Labute approximate surface area is 78.8 Å². The van der Waals surface area contributed by atoms with Crippen LogP contribution in [0, 0.1) is 18.3 Å². The Morgan fingerprint density at radius 3 is 2.69 bits per heavy atom. The summed E-state index contributed by atoms with van der Waals surface area (Å²) in [7, 11) is 0. The van der Waals surface area contributed by atoms with Gasteiger partial charge in [-0.1, -0.05) is 11.6 Å². The normalized spacial score (nSPS) is 10.2. The predicted molar refractivity (Wildman–Crippen MR) is 43.7 cm³/mol. The van der Waals surface area contributed by atoms with E-state index in [4.69, 9.17) is 16.9 Å². The summed E-state index contributed by atoms with van der Waals surface area (Å²) in [5.74, 6) is 0. The van der Waals surface area contributed by atoms with Crippen molar-refractivity contribution in [3.63, 3.8) is 0 Å². The smallest absolute Gasteiger partial charge is 0.234 e. The minimum atomic E-state index is -2.77. The fraction of sp³-hybridized carbons (Fsp3) is 0.250. The van der Waals surface area contributed by atoms with E-state index in [2.05, 4.69) is 4.98 Å². The number of hydrogen-bond acceptors (Lipinski definition) is 2. The number of pyridine rings is 1. The van der Waals surface area contributed by atoms with Gasteiger partial charge in [-0.05, 0) is 18.6 Å². The molecule has 0 aliphatic carbocycles. The Morgan fingerprint density at radius 1 is 1.62 bits per heavy atom. The van der Waals surface area contributed by atoms with Crippen LogP contribution in [0.5, 0.6) is 0 Å². The first-order valence-corrected chi connectivity index (χ1v) is 3.79. The third kappa shape index (κ3) is 1.93. The van der Waals surface area contributed by atoms with Gasteiger partial charge in [-0.25, -0.2) is 13.8 Å². The quantitative estimate of drug-likeness (QED) is 0.657. The van der Waals surface area contributed by atoms with Crippen molar-refractivity contribution in [1.29, 1.82) is 5.26 Å². The van der Waals surface area contributed by atoms with E-state index in [1.807, 2.05) is 0 Å². The summed E-state index contributed by atoms with van der Waals surface area (Å²) in [6.07, 6.45) is -2.77. The van der Waals surface area contributed by atoms with Crippen molar-refractivity contribution < 1.29 is 8.78 Å². The fourth-order valence-corrected chi connectivity index (χ4v) is 1.21. The standard InChI is InChI=1S/C8H5ClF2N2/c1-4-2-6(9)13-7(8(10)11)5(4)3-12/h2,8H,1H3. The Balaban J connectivity index is 3.41. The molecule has 0 spiro atoms. The molecule has 0 atom stereocenters. The lowest BCUT2D eigenvalue weighted by atomic mass is 10.1. The molecular formula is C8H5ClF2N2. The monoisotopic (exact) mass is 202 g/mol. The molecule has 1 aromatic rings. The van der Waals surface area contributed by atoms with Crippen LogP contribution in [0.25, 0.3) is 0 Å². The van der Waals surface area contributed by atoms with Crippen LogP contribution in [0.1, 0.15) is 23.2 Å². The van der Waals surface area contributed by atoms with E-state index in [-0.39, 0.29) is 10.7 Å². The van der Waals surface area contributed by atoms with Crippen molar-refractivity contribution in [3.8, 4) is 6.07 Å². The van der Waals surface area contributed by atoms with Crippen LogP contribution in [-0.4, -0.2) is 4.98 Å². The number of alkyl halides is 2. The minimum Gasteiger partial charge on any atom is -0.234 e. The summed E-state index contributed by atoms with van der Waals surface area (Å²) >= 11 is 5.47. The lowest BCUT2D eigenvalue weighted by Crippen LogP contribution is -1.98. The molecule has 0 saturated carbocycles. The molecule has 0 aliphatic rings. The molecule has 13 heavy (non-hydrogen) atoms. The third-order valence-corrected chi connectivity index (χ3v) is 1.73. The highest BCUT2D eigenvalue weighted by Crippen LogP contribution is 2.24. The van der Waals surface area contributed by atoms with Crippen LogP contribution in [0.4, 0.5) is 8.78 Å². The molecule has 0 radical (unpaired) electrons. The Kier molecular flexibility index (Phi) is 2.79. The molecule has 2 nitrogen and oxygen atoms in total. The number of aryl methyl sites for hydroxylation is 1.